The highest BCUT2D eigenvalue weighted by atomic mass is 19.1. The van der Waals surface area contributed by atoms with E-state index in [9.17, 15) is 9.18 Å². The van der Waals surface area contributed by atoms with Gasteiger partial charge in [-0.1, -0.05) is 31.4 Å². The molecule has 136 valence electrons. The number of carbonyl (C=O) groups is 1. The van der Waals surface area contributed by atoms with Crippen molar-refractivity contribution >= 4 is 23.1 Å². The van der Waals surface area contributed by atoms with Gasteiger partial charge in [-0.2, -0.15) is 10.2 Å². The largest absolute Gasteiger partial charge is 0.323 e. The highest BCUT2D eigenvalue weighted by molar-refractivity contribution is 6.01. The smallest absolute Gasteiger partial charge is 0.308 e. The van der Waals surface area contributed by atoms with Crippen LogP contribution in [0, 0.1) is 12.7 Å². The highest BCUT2D eigenvalue weighted by Gasteiger charge is 2.13. The summed E-state index contributed by atoms with van der Waals surface area (Å²) in [6.45, 7) is 1.94. The number of carbonyl (C=O) groups excluding carboxylic acids is 1. The van der Waals surface area contributed by atoms with E-state index in [1.165, 1.54) is 31.4 Å². The average Bonchev–Trinajstić information content (AvgIpc) is 2.62. The number of hydrogen-bond acceptors (Lipinski definition) is 3. The fourth-order valence-corrected chi connectivity index (χ4v) is 3.03. The van der Waals surface area contributed by atoms with Crippen LogP contribution in [0.25, 0.3) is 0 Å². The van der Waals surface area contributed by atoms with E-state index in [2.05, 4.69) is 20.9 Å². The number of amides is 2. The molecule has 2 aromatic rings. The van der Waals surface area contributed by atoms with Crippen molar-refractivity contribution < 1.29 is 9.18 Å². The van der Waals surface area contributed by atoms with E-state index in [1.807, 2.05) is 25.1 Å². The van der Waals surface area contributed by atoms with Crippen LogP contribution in [0.15, 0.2) is 52.7 Å². The zero-order chi connectivity index (χ0) is 18.4. The van der Waals surface area contributed by atoms with Gasteiger partial charge in [0.1, 0.15) is 11.5 Å². The van der Waals surface area contributed by atoms with Crippen molar-refractivity contribution in [3.05, 3.63) is 53.8 Å². The van der Waals surface area contributed by atoms with Gasteiger partial charge in [0.2, 0.25) is 0 Å². The van der Waals surface area contributed by atoms with Crippen LogP contribution in [-0.4, -0.2) is 12.1 Å². The Labute approximate surface area is 152 Å². The molecule has 0 radical (unpaired) electrons. The van der Waals surface area contributed by atoms with Gasteiger partial charge in [0.05, 0.1) is 11.7 Å². The Kier molecular flexibility index (Phi) is 5.94. The quantitative estimate of drug-likeness (QED) is 0.631. The minimum absolute atomic E-state index is 0.263. The lowest BCUT2D eigenvalue weighted by molar-refractivity contribution is 0.262. The zero-order valence-electron chi connectivity index (χ0n) is 14.8. The van der Waals surface area contributed by atoms with Crippen molar-refractivity contribution in [2.75, 3.05) is 10.6 Å². The molecule has 0 unspecified atom stereocenters. The van der Waals surface area contributed by atoms with Crippen LogP contribution in [0.2, 0.25) is 0 Å². The number of azo groups is 1. The third-order valence-electron chi connectivity index (χ3n) is 4.39. The summed E-state index contributed by atoms with van der Waals surface area (Å²) in [5, 5.41) is 14.2. The molecule has 0 atom stereocenters. The highest BCUT2D eigenvalue weighted by Crippen LogP contribution is 2.29. The lowest BCUT2D eigenvalue weighted by atomic mass is 9.96. The van der Waals surface area contributed by atoms with Crippen molar-refractivity contribution in [1.82, 2.24) is 0 Å². The Morgan fingerprint density at radius 3 is 2.65 bits per heavy atom. The van der Waals surface area contributed by atoms with Crippen LogP contribution in [0.5, 0.6) is 0 Å². The predicted molar refractivity (Wildman–Crippen MR) is 102 cm³/mol. The maximum Gasteiger partial charge on any atom is 0.323 e. The molecule has 0 saturated heterocycles. The summed E-state index contributed by atoms with van der Waals surface area (Å²) < 4.78 is 13.2. The Balaban J connectivity index is 1.70. The molecule has 2 amide bonds. The van der Waals surface area contributed by atoms with E-state index >= 15 is 0 Å². The first-order chi connectivity index (χ1) is 12.6. The number of nitrogens with zero attached hydrogens (tertiary/aromatic N) is 2. The van der Waals surface area contributed by atoms with Gasteiger partial charge in [-0.3, -0.25) is 0 Å². The molecule has 3 rings (SSSR count). The second-order valence-corrected chi connectivity index (χ2v) is 6.62. The van der Waals surface area contributed by atoms with E-state index in [1.54, 1.807) is 12.1 Å². The van der Waals surface area contributed by atoms with E-state index in [-0.39, 0.29) is 6.04 Å². The first-order valence-corrected chi connectivity index (χ1v) is 8.95. The summed E-state index contributed by atoms with van der Waals surface area (Å²) in [6.07, 6.45) is 5.79. The number of aryl methyl sites for hydroxylation is 1. The topological polar surface area (TPSA) is 65.8 Å². The van der Waals surface area contributed by atoms with Gasteiger partial charge in [0, 0.05) is 5.69 Å². The van der Waals surface area contributed by atoms with Crippen LogP contribution in [0.4, 0.5) is 26.2 Å². The second-order valence-electron chi connectivity index (χ2n) is 6.62. The number of nitrogens with one attached hydrogen (secondary N) is 2. The third kappa shape index (κ3) is 5.12. The molecule has 0 bridgehead atoms. The fraction of sp³-hybridized carbons (Fsp3) is 0.350. The summed E-state index contributed by atoms with van der Waals surface area (Å²) in [5.74, 6) is -0.402. The number of benzene rings is 2. The van der Waals surface area contributed by atoms with Crippen molar-refractivity contribution in [2.45, 2.75) is 45.1 Å². The SMILES string of the molecule is Cc1ccc(N=NC2CCCCC2)c(NC(=O)Nc2cccc(F)c2)c1. The van der Waals surface area contributed by atoms with Gasteiger partial charge in [0.15, 0.2) is 0 Å². The maximum atomic E-state index is 13.2. The van der Waals surface area contributed by atoms with E-state index < -0.39 is 11.8 Å². The summed E-state index contributed by atoms with van der Waals surface area (Å²) >= 11 is 0. The molecule has 0 heterocycles. The van der Waals surface area contributed by atoms with Crippen LogP contribution >= 0.6 is 0 Å². The maximum absolute atomic E-state index is 13.2. The van der Waals surface area contributed by atoms with E-state index in [0.29, 0.717) is 17.1 Å². The van der Waals surface area contributed by atoms with Gasteiger partial charge in [-0.05, 0) is 55.7 Å². The molecule has 1 aliphatic carbocycles. The van der Waals surface area contributed by atoms with Crippen LogP contribution in [0.1, 0.15) is 37.7 Å². The van der Waals surface area contributed by atoms with Crippen LogP contribution < -0.4 is 10.6 Å². The molecule has 0 aliphatic heterocycles. The van der Waals surface area contributed by atoms with Crippen LogP contribution in [0.3, 0.4) is 0 Å². The Morgan fingerprint density at radius 2 is 1.88 bits per heavy atom. The number of hydrogen-bond donors (Lipinski definition) is 2. The third-order valence-corrected chi connectivity index (χ3v) is 4.39. The first-order valence-electron chi connectivity index (χ1n) is 8.95. The van der Waals surface area contributed by atoms with E-state index in [0.717, 1.165) is 18.4 Å². The molecule has 1 aliphatic rings. The normalized spacial score (nSPS) is 15.2. The molecule has 2 aromatic carbocycles. The van der Waals surface area contributed by atoms with Gasteiger partial charge in [0.25, 0.3) is 0 Å². The average molecular weight is 354 g/mol. The number of rotatable bonds is 4. The van der Waals surface area contributed by atoms with Crippen LogP contribution in [-0.2, 0) is 0 Å². The molecule has 0 spiro atoms. The summed E-state index contributed by atoms with van der Waals surface area (Å²) in [7, 11) is 0. The van der Waals surface area contributed by atoms with Gasteiger partial charge in [-0.25, -0.2) is 9.18 Å². The Hall–Kier alpha value is -2.76. The standard InChI is InChI=1S/C20H23FN4O/c1-14-10-11-18(25-24-16-7-3-2-4-8-16)19(12-14)23-20(26)22-17-9-5-6-15(21)13-17/h5-6,9-13,16H,2-4,7-8H2,1H3,(H2,22,23,26). The summed E-state index contributed by atoms with van der Waals surface area (Å²) in [5.41, 5.74) is 2.59. The Morgan fingerprint density at radius 1 is 1.08 bits per heavy atom. The predicted octanol–water partition coefficient (Wildman–Crippen LogP) is 6.19. The lowest BCUT2D eigenvalue weighted by Gasteiger charge is -2.16. The number of halogens is 1. The molecular formula is C20H23FN4O. The van der Waals surface area contributed by atoms with Crippen molar-refractivity contribution in [1.29, 1.82) is 0 Å². The number of urea groups is 1. The summed E-state index contributed by atoms with van der Waals surface area (Å²) in [6, 6.07) is 11.2. The Bertz CT molecular complexity index is 800. The molecule has 0 aromatic heterocycles. The lowest BCUT2D eigenvalue weighted by Crippen LogP contribution is -2.19. The van der Waals surface area contributed by atoms with Crippen molar-refractivity contribution in [2.24, 2.45) is 10.2 Å². The second kappa shape index (κ2) is 8.56. The molecule has 2 N–H and O–H groups in total. The molecule has 5 nitrogen and oxygen atoms in total. The van der Waals surface area contributed by atoms with E-state index in [4.69, 9.17) is 0 Å². The minimum atomic E-state index is -0.449. The van der Waals surface area contributed by atoms with Gasteiger partial charge >= 0.3 is 6.03 Å². The number of anilines is 2. The van der Waals surface area contributed by atoms with Crippen molar-refractivity contribution in [3.63, 3.8) is 0 Å². The minimum Gasteiger partial charge on any atom is -0.308 e. The summed E-state index contributed by atoms with van der Waals surface area (Å²) in [4.78, 5) is 12.2. The molecular weight excluding hydrogens is 331 g/mol. The molecule has 6 heteroatoms. The first kappa shape index (κ1) is 18.0. The van der Waals surface area contributed by atoms with Gasteiger partial charge < -0.3 is 10.6 Å². The fourth-order valence-electron chi connectivity index (χ4n) is 3.03. The molecule has 26 heavy (non-hydrogen) atoms. The van der Waals surface area contributed by atoms with Gasteiger partial charge in [-0.15, -0.1) is 0 Å². The van der Waals surface area contributed by atoms with Crippen molar-refractivity contribution in [3.8, 4) is 0 Å². The monoisotopic (exact) mass is 354 g/mol. The molecule has 1 saturated carbocycles. The zero-order valence-corrected chi connectivity index (χ0v) is 14.8. The molecule has 1 fully saturated rings.